The molecule has 5 heteroatoms. The second kappa shape index (κ2) is 2.99. The second-order valence-corrected chi connectivity index (χ2v) is 3.43. The van der Waals surface area contributed by atoms with E-state index in [1.54, 1.807) is 6.07 Å². The van der Waals surface area contributed by atoms with Gasteiger partial charge in [-0.3, -0.25) is 10.1 Å². The first-order valence-corrected chi connectivity index (χ1v) is 4.39. The van der Waals surface area contributed by atoms with Gasteiger partial charge in [0.1, 0.15) is 0 Å². The molecule has 4 nitrogen and oxygen atoms in total. The summed E-state index contributed by atoms with van der Waals surface area (Å²) < 4.78 is 0. The molecule has 0 aliphatic carbocycles. The molecule has 2 rings (SSSR count). The number of nitro groups is 1. The number of halogens is 1. The minimum absolute atomic E-state index is 0.0541. The average Bonchev–Trinajstić information content (AvgIpc) is 2.43. The number of rotatable bonds is 1. The van der Waals surface area contributed by atoms with E-state index in [1.807, 2.05) is 6.92 Å². The fourth-order valence-electron chi connectivity index (χ4n) is 1.40. The van der Waals surface area contributed by atoms with Crippen LogP contribution < -0.4 is 0 Å². The normalized spacial score (nSPS) is 10.7. The molecule has 0 aliphatic heterocycles. The lowest BCUT2D eigenvalue weighted by Gasteiger charge is -1.91. The number of hydrogen-bond acceptors (Lipinski definition) is 2. The molecule has 1 N–H and O–H groups in total. The van der Waals surface area contributed by atoms with Crippen LogP contribution in [-0.2, 0) is 0 Å². The number of aryl methyl sites for hydroxylation is 1. The summed E-state index contributed by atoms with van der Waals surface area (Å²) in [7, 11) is 0. The zero-order valence-electron chi connectivity index (χ0n) is 7.37. The van der Waals surface area contributed by atoms with E-state index in [9.17, 15) is 10.1 Å². The Morgan fingerprint density at radius 1 is 1.50 bits per heavy atom. The van der Waals surface area contributed by atoms with Gasteiger partial charge in [0, 0.05) is 28.7 Å². The number of non-ortho nitro benzene ring substituents is 1. The van der Waals surface area contributed by atoms with E-state index in [1.165, 1.54) is 12.1 Å². The summed E-state index contributed by atoms with van der Waals surface area (Å²) in [5.74, 6) is 0. The van der Waals surface area contributed by atoms with Gasteiger partial charge in [0.15, 0.2) is 0 Å². The standard InChI is InChI=1S/C9H7ClN2O2/c1-5-9(10)7-4-6(12(13)14)2-3-8(7)11-5/h2-4,11H,1H3. The summed E-state index contributed by atoms with van der Waals surface area (Å²) in [4.78, 5) is 13.1. The lowest BCUT2D eigenvalue weighted by atomic mass is 10.2. The van der Waals surface area contributed by atoms with Crippen LogP contribution in [-0.4, -0.2) is 9.91 Å². The maximum atomic E-state index is 10.5. The Balaban J connectivity index is 2.76. The topological polar surface area (TPSA) is 58.9 Å². The van der Waals surface area contributed by atoms with Crippen molar-refractivity contribution in [2.75, 3.05) is 0 Å². The Bertz CT molecular complexity index is 519. The molecule has 0 unspecified atom stereocenters. The second-order valence-electron chi connectivity index (χ2n) is 3.05. The molecular formula is C9H7ClN2O2. The summed E-state index contributed by atoms with van der Waals surface area (Å²) >= 11 is 5.96. The van der Waals surface area contributed by atoms with Gasteiger partial charge in [0.2, 0.25) is 0 Å². The number of H-pyrrole nitrogens is 1. The van der Waals surface area contributed by atoms with Crippen molar-refractivity contribution in [3.05, 3.63) is 39.0 Å². The van der Waals surface area contributed by atoms with Crippen molar-refractivity contribution < 1.29 is 4.92 Å². The molecule has 0 radical (unpaired) electrons. The smallest absolute Gasteiger partial charge is 0.270 e. The minimum atomic E-state index is -0.432. The summed E-state index contributed by atoms with van der Waals surface area (Å²) in [5.41, 5.74) is 1.69. The molecule has 0 saturated carbocycles. The molecule has 1 heterocycles. The van der Waals surface area contributed by atoms with Crippen molar-refractivity contribution in [3.63, 3.8) is 0 Å². The van der Waals surface area contributed by atoms with Gasteiger partial charge in [-0.1, -0.05) is 11.6 Å². The summed E-state index contributed by atoms with van der Waals surface area (Å²) in [6.07, 6.45) is 0. The van der Waals surface area contributed by atoms with Crippen LogP contribution in [0, 0.1) is 17.0 Å². The van der Waals surface area contributed by atoms with E-state index in [0.29, 0.717) is 10.4 Å². The van der Waals surface area contributed by atoms with Crippen LogP contribution in [0.25, 0.3) is 10.9 Å². The minimum Gasteiger partial charge on any atom is -0.357 e. The van der Waals surface area contributed by atoms with Crippen LogP contribution in [0.2, 0.25) is 5.02 Å². The van der Waals surface area contributed by atoms with Gasteiger partial charge in [-0.15, -0.1) is 0 Å². The monoisotopic (exact) mass is 210 g/mol. The van der Waals surface area contributed by atoms with E-state index in [-0.39, 0.29) is 5.69 Å². The summed E-state index contributed by atoms with van der Waals surface area (Å²) in [6, 6.07) is 4.59. The molecule has 0 spiro atoms. The van der Waals surface area contributed by atoms with Crippen LogP contribution in [0.1, 0.15) is 5.69 Å². The highest BCUT2D eigenvalue weighted by atomic mass is 35.5. The lowest BCUT2D eigenvalue weighted by molar-refractivity contribution is -0.384. The first-order valence-electron chi connectivity index (χ1n) is 4.02. The molecule has 0 amide bonds. The number of nitrogens with zero attached hydrogens (tertiary/aromatic N) is 1. The van der Waals surface area contributed by atoms with Crippen LogP contribution in [0.4, 0.5) is 5.69 Å². The number of benzene rings is 1. The van der Waals surface area contributed by atoms with Crippen molar-refractivity contribution >= 4 is 28.2 Å². The number of nitro benzene ring substituents is 1. The largest absolute Gasteiger partial charge is 0.357 e. The molecule has 0 atom stereocenters. The number of aromatic amines is 1. The average molecular weight is 211 g/mol. The van der Waals surface area contributed by atoms with E-state index >= 15 is 0 Å². The van der Waals surface area contributed by atoms with Gasteiger partial charge < -0.3 is 4.98 Å². The molecule has 14 heavy (non-hydrogen) atoms. The van der Waals surface area contributed by atoms with E-state index in [2.05, 4.69) is 4.98 Å². The predicted octanol–water partition coefficient (Wildman–Crippen LogP) is 3.04. The van der Waals surface area contributed by atoms with Crippen molar-refractivity contribution in [1.82, 2.24) is 4.98 Å². The van der Waals surface area contributed by atoms with Gasteiger partial charge in [-0.25, -0.2) is 0 Å². The van der Waals surface area contributed by atoms with Crippen molar-refractivity contribution in [1.29, 1.82) is 0 Å². The van der Waals surface area contributed by atoms with Gasteiger partial charge in [0.05, 0.1) is 9.95 Å². The van der Waals surface area contributed by atoms with Crippen LogP contribution >= 0.6 is 11.6 Å². The third-order valence-corrected chi connectivity index (χ3v) is 2.59. The first-order chi connectivity index (χ1) is 6.59. The highest BCUT2D eigenvalue weighted by molar-refractivity contribution is 6.36. The number of nitrogens with one attached hydrogen (secondary N) is 1. The van der Waals surface area contributed by atoms with E-state index in [0.717, 1.165) is 11.2 Å². The SMILES string of the molecule is Cc1[nH]c2ccc([N+](=O)[O-])cc2c1Cl. The Morgan fingerprint density at radius 3 is 2.86 bits per heavy atom. The Kier molecular flexibility index (Phi) is 1.93. The van der Waals surface area contributed by atoms with Gasteiger partial charge in [0.25, 0.3) is 5.69 Å². The van der Waals surface area contributed by atoms with Crippen molar-refractivity contribution in [2.45, 2.75) is 6.92 Å². The summed E-state index contributed by atoms with van der Waals surface area (Å²) in [6.45, 7) is 1.83. The van der Waals surface area contributed by atoms with Crippen molar-refractivity contribution in [3.8, 4) is 0 Å². The summed E-state index contributed by atoms with van der Waals surface area (Å²) in [5, 5.41) is 11.8. The maximum absolute atomic E-state index is 10.5. The van der Waals surface area contributed by atoms with E-state index < -0.39 is 4.92 Å². The highest BCUT2D eigenvalue weighted by Crippen LogP contribution is 2.29. The molecule has 1 aromatic heterocycles. The van der Waals surface area contributed by atoms with Gasteiger partial charge in [-0.05, 0) is 13.0 Å². The third-order valence-electron chi connectivity index (χ3n) is 2.10. The Labute approximate surface area is 84.6 Å². The third kappa shape index (κ3) is 1.24. The first kappa shape index (κ1) is 9.02. The Hall–Kier alpha value is -1.55. The predicted molar refractivity (Wildman–Crippen MR) is 54.7 cm³/mol. The molecule has 0 fully saturated rings. The van der Waals surface area contributed by atoms with Crippen molar-refractivity contribution in [2.24, 2.45) is 0 Å². The fraction of sp³-hybridized carbons (Fsp3) is 0.111. The van der Waals surface area contributed by atoms with Crippen LogP contribution in [0.15, 0.2) is 18.2 Å². The van der Waals surface area contributed by atoms with Crippen LogP contribution in [0.5, 0.6) is 0 Å². The zero-order valence-corrected chi connectivity index (χ0v) is 8.13. The number of aromatic nitrogens is 1. The number of hydrogen-bond donors (Lipinski definition) is 1. The van der Waals surface area contributed by atoms with E-state index in [4.69, 9.17) is 11.6 Å². The molecule has 2 aromatic rings. The molecular weight excluding hydrogens is 204 g/mol. The lowest BCUT2D eigenvalue weighted by Crippen LogP contribution is -1.86. The number of fused-ring (bicyclic) bond motifs is 1. The van der Waals surface area contributed by atoms with Gasteiger partial charge in [-0.2, -0.15) is 0 Å². The quantitative estimate of drug-likeness (QED) is 0.581. The maximum Gasteiger partial charge on any atom is 0.270 e. The zero-order chi connectivity index (χ0) is 10.3. The molecule has 0 bridgehead atoms. The molecule has 72 valence electrons. The highest BCUT2D eigenvalue weighted by Gasteiger charge is 2.11. The molecule has 0 aliphatic rings. The molecule has 0 saturated heterocycles. The fourth-order valence-corrected chi connectivity index (χ4v) is 1.60. The molecule has 1 aromatic carbocycles. The van der Waals surface area contributed by atoms with Gasteiger partial charge >= 0.3 is 0 Å². The Morgan fingerprint density at radius 2 is 2.21 bits per heavy atom. The van der Waals surface area contributed by atoms with Crippen LogP contribution in [0.3, 0.4) is 0 Å².